The molecule has 3 aromatic heterocycles. The molecule has 7 heteroatoms. The summed E-state index contributed by atoms with van der Waals surface area (Å²) in [5.41, 5.74) is 0. The first-order valence-corrected chi connectivity index (χ1v) is 9.04. The second-order valence-electron chi connectivity index (χ2n) is 5.16. The van der Waals surface area contributed by atoms with Crippen molar-refractivity contribution in [3.8, 4) is 0 Å². The van der Waals surface area contributed by atoms with Gasteiger partial charge in [0.1, 0.15) is 28.1 Å². The average Bonchev–Trinajstić information content (AvgIpc) is 3.23. The Bertz CT molecular complexity index is 771. The van der Waals surface area contributed by atoms with Gasteiger partial charge in [0.05, 0.1) is 18.5 Å². The van der Waals surface area contributed by atoms with Crippen molar-refractivity contribution in [3.63, 3.8) is 0 Å². The fraction of sp³-hybridized carbons (Fsp3) is 0.400. The van der Waals surface area contributed by atoms with Crippen molar-refractivity contribution in [2.24, 2.45) is 0 Å². The van der Waals surface area contributed by atoms with Crippen LogP contribution in [-0.4, -0.2) is 34.6 Å². The lowest BCUT2D eigenvalue weighted by molar-refractivity contribution is 0.0395. The third-order valence-electron chi connectivity index (χ3n) is 3.80. The van der Waals surface area contributed by atoms with Gasteiger partial charge in [0, 0.05) is 23.0 Å². The van der Waals surface area contributed by atoms with Crippen LogP contribution < -0.4 is 4.90 Å². The maximum absolute atomic E-state index is 5.88. The highest BCUT2D eigenvalue weighted by molar-refractivity contribution is 7.18. The molecule has 0 bridgehead atoms. The summed E-state index contributed by atoms with van der Waals surface area (Å²) in [6.07, 6.45) is 4.56. The molecule has 0 unspecified atom stereocenters. The lowest BCUT2D eigenvalue weighted by Gasteiger charge is -2.33. The molecule has 0 amide bonds. The zero-order valence-electron chi connectivity index (χ0n) is 12.2. The number of morpholine rings is 1. The Balaban J connectivity index is 1.67. The maximum Gasteiger partial charge on any atom is 0.140 e. The molecule has 1 atom stereocenters. The minimum absolute atomic E-state index is 0.0306. The summed E-state index contributed by atoms with van der Waals surface area (Å²) >= 11 is 3.40. The second-order valence-corrected chi connectivity index (χ2v) is 7.20. The predicted molar refractivity (Wildman–Crippen MR) is 89.8 cm³/mol. The third-order valence-corrected chi connectivity index (χ3v) is 5.86. The summed E-state index contributed by atoms with van der Waals surface area (Å²) in [6, 6.07) is 2.23. The number of aromatic nitrogens is 3. The number of fused-ring (bicyclic) bond motifs is 1. The topological polar surface area (TPSA) is 51.1 Å². The molecule has 1 fully saturated rings. The summed E-state index contributed by atoms with van der Waals surface area (Å²) in [5.74, 6) is 1.02. The van der Waals surface area contributed by atoms with Gasteiger partial charge in [-0.15, -0.1) is 22.7 Å². The van der Waals surface area contributed by atoms with Crippen LogP contribution in [0.5, 0.6) is 0 Å². The van der Waals surface area contributed by atoms with Crippen LogP contribution in [0.15, 0.2) is 24.0 Å². The third kappa shape index (κ3) is 2.49. The van der Waals surface area contributed by atoms with Crippen LogP contribution in [0.2, 0.25) is 0 Å². The Morgan fingerprint density at radius 2 is 2.32 bits per heavy atom. The van der Waals surface area contributed by atoms with Gasteiger partial charge in [-0.3, -0.25) is 0 Å². The largest absolute Gasteiger partial charge is 0.367 e. The van der Waals surface area contributed by atoms with E-state index in [0.29, 0.717) is 6.61 Å². The highest BCUT2D eigenvalue weighted by atomic mass is 32.1. The molecule has 4 heterocycles. The molecule has 114 valence electrons. The molecular weight excluding hydrogens is 316 g/mol. The molecule has 1 aliphatic heterocycles. The fourth-order valence-electron chi connectivity index (χ4n) is 2.70. The van der Waals surface area contributed by atoms with Gasteiger partial charge in [-0.1, -0.05) is 6.92 Å². The lowest BCUT2D eigenvalue weighted by Crippen LogP contribution is -2.38. The molecule has 0 radical (unpaired) electrons. The number of hydrogen-bond acceptors (Lipinski definition) is 7. The SMILES string of the molecule is CCc1cc2c(N3CCO[C@@H](c4nccs4)C3)ncnc2s1. The molecule has 3 aromatic rings. The molecule has 0 aliphatic carbocycles. The molecule has 0 N–H and O–H groups in total. The second kappa shape index (κ2) is 5.91. The molecule has 0 aromatic carbocycles. The van der Waals surface area contributed by atoms with Crippen molar-refractivity contribution in [3.05, 3.63) is 33.9 Å². The first-order valence-electron chi connectivity index (χ1n) is 7.34. The van der Waals surface area contributed by atoms with E-state index in [1.54, 1.807) is 29.0 Å². The van der Waals surface area contributed by atoms with Gasteiger partial charge in [0.15, 0.2) is 0 Å². The van der Waals surface area contributed by atoms with Crippen LogP contribution in [0.3, 0.4) is 0 Å². The highest BCUT2D eigenvalue weighted by Gasteiger charge is 2.26. The Morgan fingerprint density at radius 3 is 3.14 bits per heavy atom. The Hall–Kier alpha value is -1.57. The van der Waals surface area contributed by atoms with Crippen molar-refractivity contribution in [1.29, 1.82) is 0 Å². The van der Waals surface area contributed by atoms with Gasteiger partial charge in [0.25, 0.3) is 0 Å². The number of thiazole rings is 1. The van der Waals surface area contributed by atoms with E-state index in [-0.39, 0.29) is 6.10 Å². The molecule has 0 saturated carbocycles. The Kier molecular flexibility index (Phi) is 3.77. The van der Waals surface area contributed by atoms with E-state index in [2.05, 4.69) is 32.8 Å². The number of thiophene rings is 1. The number of ether oxygens (including phenoxy) is 1. The van der Waals surface area contributed by atoms with Crippen LogP contribution in [0.1, 0.15) is 22.9 Å². The zero-order valence-corrected chi connectivity index (χ0v) is 13.9. The summed E-state index contributed by atoms with van der Waals surface area (Å²) < 4.78 is 5.88. The molecule has 4 rings (SSSR count). The van der Waals surface area contributed by atoms with Gasteiger partial charge in [-0.25, -0.2) is 15.0 Å². The number of aryl methyl sites for hydroxylation is 1. The van der Waals surface area contributed by atoms with Crippen LogP contribution in [0.25, 0.3) is 10.2 Å². The quantitative estimate of drug-likeness (QED) is 0.737. The van der Waals surface area contributed by atoms with Crippen molar-refractivity contribution in [2.75, 3.05) is 24.6 Å². The zero-order chi connectivity index (χ0) is 14.9. The number of nitrogens with zero attached hydrogens (tertiary/aromatic N) is 4. The van der Waals surface area contributed by atoms with Crippen LogP contribution in [-0.2, 0) is 11.2 Å². The van der Waals surface area contributed by atoms with Crippen LogP contribution in [0, 0.1) is 0 Å². The van der Waals surface area contributed by atoms with Gasteiger partial charge >= 0.3 is 0 Å². The van der Waals surface area contributed by atoms with E-state index in [9.17, 15) is 0 Å². The monoisotopic (exact) mass is 332 g/mol. The van der Waals surface area contributed by atoms with Crippen molar-refractivity contribution in [1.82, 2.24) is 15.0 Å². The molecule has 0 spiro atoms. The molecule has 22 heavy (non-hydrogen) atoms. The first kappa shape index (κ1) is 14.0. The summed E-state index contributed by atoms with van der Waals surface area (Å²) in [5, 5.41) is 4.19. The van der Waals surface area contributed by atoms with Crippen molar-refractivity contribution in [2.45, 2.75) is 19.4 Å². The standard InChI is InChI=1S/C15H16N4OS2/c1-2-10-7-11-13(17-9-18-14(11)22-10)19-4-5-20-12(8-19)15-16-3-6-21-15/h3,6-7,9,12H,2,4-5,8H2,1H3/t12-/m1/s1. The minimum atomic E-state index is 0.0306. The Labute approximate surface area is 136 Å². The minimum Gasteiger partial charge on any atom is -0.367 e. The van der Waals surface area contributed by atoms with Gasteiger partial charge in [0.2, 0.25) is 0 Å². The van der Waals surface area contributed by atoms with E-state index in [4.69, 9.17) is 4.74 Å². The molecule has 1 saturated heterocycles. The first-order chi connectivity index (χ1) is 10.8. The van der Waals surface area contributed by atoms with E-state index in [1.807, 2.05) is 11.6 Å². The van der Waals surface area contributed by atoms with Crippen molar-refractivity contribution >= 4 is 38.7 Å². The molecular formula is C15H16N4OS2. The highest BCUT2D eigenvalue weighted by Crippen LogP contribution is 2.33. The van der Waals surface area contributed by atoms with E-state index >= 15 is 0 Å². The van der Waals surface area contributed by atoms with Gasteiger partial charge in [-0.05, 0) is 12.5 Å². The normalized spacial score (nSPS) is 19.0. The number of anilines is 1. The van der Waals surface area contributed by atoms with Crippen molar-refractivity contribution < 1.29 is 4.74 Å². The number of rotatable bonds is 3. The molecule has 5 nitrogen and oxygen atoms in total. The van der Waals surface area contributed by atoms with Gasteiger partial charge < -0.3 is 9.64 Å². The van der Waals surface area contributed by atoms with E-state index in [0.717, 1.165) is 40.6 Å². The van der Waals surface area contributed by atoms with Crippen LogP contribution in [0.4, 0.5) is 5.82 Å². The maximum atomic E-state index is 5.88. The smallest absolute Gasteiger partial charge is 0.140 e. The van der Waals surface area contributed by atoms with Gasteiger partial charge in [-0.2, -0.15) is 0 Å². The van der Waals surface area contributed by atoms with Crippen LogP contribution >= 0.6 is 22.7 Å². The van der Waals surface area contributed by atoms with E-state index < -0.39 is 0 Å². The predicted octanol–water partition coefficient (Wildman–Crippen LogP) is 3.29. The summed E-state index contributed by atoms with van der Waals surface area (Å²) in [4.78, 5) is 18.1. The summed E-state index contributed by atoms with van der Waals surface area (Å²) in [7, 11) is 0. The fourth-order valence-corrected chi connectivity index (χ4v) is 4.31. The molecule has 1 aliphatic rings. The lowest BCUT2D eigenvalue weighted by atomic mass is 10.2. The average molecular weight is 332 g/mol. The Morgan fingerprint density at radius 1 is 1.36 bits per heavy atom. The number of hydrogen-bond donors (Lipinski definition) is 0. The summed E-state index contributed by atoms with van der Waals surface area (Å²) in [6.45, 7) is 4.51. The van der Waals surface area contributed by atoms with E-state index in [1.165, 1.54) is 4.88 Å².